The van der Waals surface area contributed by atoms with E-state index >= 15 is 0 Å². The number of fused-ring (bicyclic) bond motifs is 1. The number of nitrogens with zero attached hydrogens (tertiary/aromatic N) is 1. The lowest BCUT2D eigenvalue weighted by molar-refractivity contribution is -0.152. The molecule has 0 saturated heterocycles. The third kappa shape index (κ3) is 5.03. The standard InChI is InChI=1S/C17H23ClN2O8/c1-25-5-6-26-13-8-14-12(7-11(13)18)20(16(24)28-14)9-17(19,10-22)15(23)27-4-2-3-21/h7-8,21-22H,2-6,9-10,19H2,1H3. The van der Waals surface area contributed by atoms with Crippen LogP contribution in [0.1, 0.15) is 6.42 Å². The van der Waals surface area contributed by atoms with Crippen LogP contribution < -0.4 is 16.2 Å². The zero-order valence-corrected chi connectivity index (χ0v) is 16.1. The van der Waals surface area contributed by atoms with Crippen LogP contribution in [0.5, 0.6) is 5.75 Å². The summed E-state index contributed by atoms with van der Waals surface area (Å²) in [5, 5.41) is 18.6. The van der Waals surface area contributed by atoms with Crippen molar-refractivity contribution in [2.24, 2.45) is 5.73 Å². The fourth-order valence-electron chi connectivity index (χ4n) is 2.39. The van der Waals surface area contributed by atoms with Gasteiger partial charge in [-0.05, 0) is 6.07 Å². The average Bonchev–Trinajstić information content (AvgIpc) is 2.96. The molecule has 28 heavy (non-hydrogen) atoms. The van der Waals surface area contributed by atoms with Crippen molar-refractivity contribution in [1.82, 2.24) is 4.57 Å². The Bertz CT molecular complexity index is 865. The van der Waals surface area contributed by atoms with E-state index < -0.39 is 30.4 Å². The molecule has 0 bridgehead atoms. The van der Waals surface area contributed by atoms with Crippen LogP contribution in [0.2, 0.25) is 5.02 Å². The van der Waals surface area contributed by atoms with Crippen LogP contribution in [0.15, 0.2) is 21.3 Å². The van der Waals surface area contributed by atoms with E-state index in [-0.39, 0.29) is 42.4 Å². The van der Waals surface area contributed by atoms with Gasteiger partial charge in [-0.2, -0.15) is 0 Å². The molecule has 0 aliphatic carbocycles. The van der Waals surface area contributed by atoms with Gasteiger partial charge in [0.25, 0.3) is 0 Å². The highest BCUT2D eigenvalue weighted by Gasteiger charge is 2.37. The largest absolute Gasteiger partial charge is 0.489 e. The van der Waals surface area contributed by atoms with Crippen molar-refractivity contribution >= 4 is 28.7 Å². The Morgan fingerprint density at radius 3 is 2.71 bits per heavy atom. The Kier molecular flexibility index (Phi) is 7.84. The Balaban J connectivity index is 2.30. The van der Waals surface area contributed by atoms with E-state index in [4.69, 9.17) is 41.1 Å². The number of aliphatic hydroxyl groups is 2. The number of benzene rings is 1. The van der Waals surface area contributed by atoms with Crippen molar-refractivity contribution < 1.29 is 33.6 Å². The van der Waals surface area contributed by atoms with Gasteiger partial charge in [-0.3, -0.25) is 4.57 Å². The average molecular weight is 419 g/mol. The van der Waals surface area contributed by atoms with Crippen molar-refractivity contribution in [3.8, 4) is 5.75 Å². The van der Waals surface area contributed by atoms with E-state index in [1.807, 2.05) is 0 Å². The summed E-state index contributed by atoms with van der Waals surface area (Å²) in [7, 11) is 1.53. The van der Waals surface area contributed by atoms with Crippen molar-refractivity contribution in [2.45, 2.75) is 18.5 Å². The number of ether oxygens (including phenoxy) is 3. The van der Waals surface area contributed by atoms with Crippen LogP contribution in [-0.2, 0) is 20.8 Å². The van der Waals surface area contributed by atoms with Crippen LogP contribution in [-0.4, -0.2) is 66.4 Å². The molecule has 10 nitrogen and oxygen atoms in total. The fraction of sp³-hybridized carbons (Fsp3) is 0.529. The molecule has 11 heteroatoms. The number of aromatic nitrogens is 1. The van der Waals surface area contributed by atoms with Crippen LogP contribution in [0, 0.1) is 0 Å². The molecule has 0 spiro atoms. The molecule has 1 unspecified atom stereocenters. The molecular weight excluding hydrogens is 396 g/mol. The number of oxazole rings is 1. The highest BCUT2D eigenvalue weighted by atomic mass is 35.5. The van der Waals surface area contributed by atoms with Gasteiger partial charge in [0.1, 0.15) is 12.4 Å². The Labute approximate surface area is 165 Å². The lowest BCUT2D eigenvalue weighted by Gasteiger charge is -2.25. The first-order valence-corrected chi connectivity index (χ1v) is 8.86. The summed E-state index contributed by atoms with van der Waals surface area (Å²) in [5.74, 6) is -1.39. The molecule has 156 valence electrons. The zero-order chi connectivity index (χ0) is 20.7. The molecule has 1 atom stereocenters. The Hall–Kier alpha value is -2.11. The summed E-state index contributed by atoms with van der Waals surface area (Å²) in [6, 6.07) is 2.89. The third-order valence-corrected chi connectivity index (χ3v) is 4.23. The molecule has 0 aliphatic heterocycles. The SMILES string of the molecule is COCCOc1cc2oc(=O)n(CC(N)(CO)C(=O)OCCCO)c2cc1Cl. The molecule has 0 saturated carbocycles. The summed E-state index contributed by atoms with van der Waals surface area (Å²) < 4.78 is 21.6. The zero-order valence-electron chi connectivity index (χ0n) is 15.4. The third-order valence-electron chi connectivity index (χ3n) is 3.93. The molecular formula is C17H23ClN2O8. The summed E-state index contributed by atoms with van der Waals surface area (Å²) in [6.45, 7) is -0.789. The second-order valence-corrected chi connectivity index (χ2v) is 6.48. The molecule has 0 radical (unpaired) electrons. The number of carbonyl (C=O) groups is 1. The molecule has 2 aromatic rings. The number of carbonyl (C=O) groups excluding carboxylic acids is 1. The van der Waals surface area contributed by atoms with E-state index in [9.17, 15) is 14.7 Å². The number of halogens is 1. The van der Waals surface area contributed by atoms with E-state index in [0.717, 1.165) is 4.57 Å². The number of hydrogen-bond acceptors (Lipinski definition) is 9. The molecule has 1 aromatic carbocycles. The second-order valence-electron chi connectivity index (χ2n) is 6.07. The van der Waals surface area contributed by atoms with E-state index in [0.29, 0.717) is 12.4 Å². The lowest BCUT2D eigenvalue weighted by Crippen LogP contribution is -2.56. The van der Waals surface area contributed by atoms with Gasteiger partial charge in [0, 0.05) is 26.2 Å². The summed E-state index contributed by atoms with van der Waals surface area (Å²) in [4.78, 5) is 24.5. The van der Waals surface area contributed by atoms with Gasteiger partial charge in [-0.1, -0.05) is 11.6 Å². The van der Waals surface area contributed by atoms with Crippen LogP contribution >= 0.6 is 11.6 Å². The first-order valence-electron chi connectivity index (χ1n) is 8.48. The van der Waals surface area contributed by atoms with Gasteiger partial charge >= 0.3 is 11.7 Å². The summed E-state index contributed by atoms with van der Waals surface area (Å²) in [6.07, 6.45) is 0.225. The molecule has 1 aromatic heterocycles. The fourth-order valence-corrected chi connectivity index (χ4v) is 2.61. The van der Waals surface area contributed by atoms with Crippen LogP contribution in [0.4, 0.5) is 0 Å². The van der Waals surface area contributed by atoms with E-state index in [2.05, 4.69) is 0 Å². The topological polar surface area (TPSA) is 146 Å². The Morgan fingerprint density at radius 2 is 2.07 bits per heavy atom. The van der Waals surface area contributed by atoms with Crippen molar-refractivity contribution in [2.75, 3.05) is 40.1 Å². The summed E-state index contributed by atoms with van der Waals surface area (Å²) in [5.41, 5.74) is 4.54. The van der Waals surface area contributed by atoms with Gasteiger partial charge in [0.15, 0.2) is 11.1 Å². The van der Waals surface area contributed by atoms with Gasteiger partial charge in [0.2, 0.25) is 0 Å². The molecule has 2 rings (SSSR count). The number of esters is 1. The summed E-state index contributed by atoms with van der Waals surface area (Å²) >= 11 is 6.20. The normalized spacial score (nSPS) is 13.5. The molecule has 0 amide bonds. The monoisotopic (exact) mass is 418 g/mol. The number of hydrogen-bond donors (Lipinski definition) is 3. The minimum absolute atomic E-state index is 0.0662. The lowest BCUT2D eigenvalue weighted by atomic mass is 10.0. The van der Waals surface area contributed by atoms with Gasteiger partial charge in [-0.15, -0.1) is 0 Å². The first kappa shape index (κ1) is 22.2. The van der Waals surface area contributed by atoms with E-state index in [1.54, 1.807) is 0 Å². The highest BCUT2D eigenvalue weighted by Crippen LogP contribution is 2.30. The first-order chi connectivity index (χ1) is 13.4. The molecule has 1 heterocycles. The number of aliphatic hydroxyl groups excluding tert-OH is 2. The molecule has 4 N–H and O–H groups in total. The smallest absolute Gasteiger partial charge is 0.420 e. The van der Waals surface area contributed by atoms with Crippen molar-refractivity contribution in [3.63, 3.8) is 0 Å². The van der Waals surface area contributed by atoms with Crippen LogP contribution in [0.3, 0.4) is 0 Å². The van der Waals surface area contributed by atoms with Crippen molar-refractivity contribution in [3.05, 3.63) is 27.7 Å². The predicted octanol–water partition coefficient (Wildman–Crippen LogP) is -0.111. The van der Waals surface area contributed by atoms with Gasteiger partial charge in [-0.25, -0.2) is 9.59 Å². The quantitative estimate of drug-likeness (QED) is 0.336. The van der Waals surface area contributed by atoms with Crippen LogP contribution in [0.25, 0.3) is 11.1 Å². The maximum absolute atomic E-state index is 12.3. The van der Waals surface area contributed by atoms with Crippen molar-refractivity contribution in [1.29, 1.82) is 0 Å². The Morgan fingerprint density at radius 1 is 1.32 bits per heavy atom. The minimum Gasteiger partial charge on any atom is -0.489 e. The number of rotatable bonds is 11. The van der Waals surface area contributed by atoms with E-state index in [1.165, 1.54) is 19.2 Å². The maximum atomic E-state index is 12.3. The second kappa shape index (κ2) is 9.89. The predicted molar refractivity (Wildman–Crippen MR) is 99.5 cm³/mol. The molecule has 0 aliphatic rings. The number of methoxy groups -OCH3 is 1. The van der Waals surface area contributed by atoms with Gasteiger partial charge in [0.05, 0.1) is 36.9 Å². The van der Waals surface area contributed by atoms with Gasteiger partial charge < -0.3 is 34.6 Å². The number of nitrogens with two attached hydrogens (primary N) is 1. The highest BCUT2D eigenvalue weighted by molar-refractivity contribution is 6.32. The minimum atomic E-state index is -1.88. The maximum Gasteiger partial charge on any atom is 0.420 e. The molecule has 0 fully saturated rings.